The molecule has 0 fully saturated rings. The van der Waals surface area contributed by atoms with Gasteiger partial charge in [0, 0.05) is 49.0 Å². The Kier molecular flexibility index (Phi) is 14.5. The van der Waals surface area contributed by atoms with Gasteiger partial charge in [0.2, 0.25) is 0 Å². The minimum absolute atomic E-state index is 0.00818. The molecule has 12 nitrogen and oxygen atoms in total. The number of ether oxygens (including phenoxy) is 1. The molecule has 296 valence electrons. The monoisotopic (exact) mass is 808 g/mol. The van der Waals surface area contributed by atoms with Crippen molar-refractivity contribution in [2.45, 2.75) is 64.1 Å². The van der Waals surface area contributed by atoms with Crippen LogP contribution < -0.4 is 11.1 Å². The molecule has 2 atom stereocenters. The third-order valence-electron chi connectivity index (χ3n) is 8.78. The number of benzene rings is 2. The van der Waals surface area contributed by atoms with Gasteiger partial charge in [0.25, 0.3) is 0 Å². The number of rotatable bonds is 13. The molecule has 0 aliphatic carbocycles. The van der Waals surface area contributed by atoms with Crippen LogP contribution in [0.1, 0.15) is 43.3 Å². The van der Waals surface area contributed by atoms with E-state index in [-0.39, 0.29) is 24.4 Å². The number of hydrogen-bond donors (Lipinski definition) is 2. The average Bonchev–Trinajstić information content (AvgIpc) is 3.72. The molecule has 4 aromatic heterocycles. The molecule has 6 aromatic rings. The predicted molar refractivity (Wildman–Crippen MR) is 222 cm³/mol. The van der Waals surface area contributed by atoms with E-state index in [2.05, 4.69) is 25.5 Å². The maximum absolute atomic E-state index is 13.2. The number of amides is 1. The number of carbonyl (C=O) groups is 3. The van der Waals surface area contributed by atoms with Gasteiger partial charge in [0.1, 0.15) is 15.9 Å². The summed E-state index contributed by atoms with van der Waals surface area (Å²) in [5, 5.41) is 12.5. The Labute approximate surface area is 342 Å². The number of aromatic nitrogens is 6. The lowest BCUT2D eigenvalue weighted by Crippen LogP contribution is -2.45. The van der Waals surface area contributed by atoms with Crippen molar-refractivity contribution in [1.29, 1.82) is 0 Å². The molecule has 0 bridgehead atoms. The number of Topliss-reactive ketones (excluding diaryl/α,β-unsaturated/α-hetero) is 2. The smallest absolute Gasteiger partial charge is 0.408 e. The van der Waals surface area contributed by atoms with Crippen LogP contribution in [0.25, 0.3) is 22.5 Å². The van der Waals surface area contributed by atoms with Gasteiger partial charge in [0.05, 0.1) is 36.3 Å². The first-order valence-electron chi connectivity index (χ1n) is 18.3. The summed E-state index contributed by atoms with van der Waals surface area (Å²) in [6.45, 7) is 5.34. The number of nitrogens with zero attached hydrogens (tertiary/aromatic N) is 6. The van der Waals surface area contributed by atoms with Crippen LogP contribution >= 0.6 is 23.2 Å². The Morgan fingerprint density at radius 1 is 0.702 bits per heavy atom. The molecule has 2 aromatic carbocycles. The van der Waals surface area contributed by atoms with Crippen LogP contribution in [0.15, 0.2) is 109 Å². The van der Waals surface area contributed by atoms with Crippen molar-refractivity contribution in [2.75, 3.05) is 0 Å². The average molecular weight is 810 g/mol. The number of ketones is 2. The van der Waals surface area contributed by atoms with Crippen molar-refractivity contribution in [3.63, 3.8) is 0 Å². The highest BCUT2D eigenvalue weighted by atomic mass is 35.5. The molecule has 3 N–H and O–H groups in total. The first-order valence-corrected chi connectivity index (χ1v) is 19.1. The van der Waals surface area contributed by atoms with Gasteiger partial charge in [-0.05, 0) is 81.1 Å². The van der Waals surface area contributed by atoms with Gasteiger partial charge in [-0.15, -0.1) is 0 Å². The molecule has 6 rings (SSSR count). The second-order valence-electron chi connectivity index (χ2n) is 14.5. The Morgan fingerprint density at radius 2 is 1.16 bits per heavy atom. The van der Waals surface area contributed by atoms with Gasteiger partial charge in [0.15, 0.2) is 11.6 Å². The SMILES string of the molecule is Cn1nc(-c2ccnc(Cl)c2)cc1CC(=O)[C@@H](N)Cc1ccccc1.Cn1nc(-c2ccnc(Cl)c2)cc1CC(=O)[C@H](Cc1ccccc1)NC(=O)OC(C)(C)C. The number of pyridine rings is 2. The van der Waals surface area contributed by atoms with E-state index in [0.29, 0.717) is 28.8 Å². The fraction of sp³-hybridized carbons (Fsp3) is 0.279. The van der Waals surface area contributed by atoms with E-state index in [0.717, 1.165) is 39.3 Å². The van der Waals surface area contributed by atoms with Crippen molar-refractivity contribution < 1.29 is 19.1 Å². The summed E-state index contributed by atoms with van der Waals surface area (Å²) in [5.74, 6) is -0.145. The maximum Gasteiger partial charge on any atom is 0.408 e. The van der Waals surface area contributed by atoms with Crippen molar-refractivity contribution in [2.24, 2.45) is 19.8 Å². The molecule has 0 aliphatic rings. The van der Waals surface area contributed by atoms with Gasteiger partial charge in [-0.25, -0.2) is 14.8 Å². The zero-order valence-corrected chi connectivity index (χ0v) is 34.0. The minimum Gasteiger partial charge on any atom is -0.444 e. The summed E-state index contributed by atoms with van der Waals surface area (Å²) in [4.78, 5) is 46.0. The largest absolute Gasteiger partial charge is 0.444 e. The fourth-order valence-electron chi connectivity index (χ4n) is 5.89. The van der Waals surface area contributed by atoms with E-state index in [4.69, 9.17) is 33.7 Å². The molecule has 0 saturated heterocycles. The zero-order chi connectivity index (χ0) is 41.1. The maximum atomic E-state index is 13.2. The lowest BCUT2D eigenvalue weighted by Gasteiger charge is -2.23. The molecular weight excluding hydrogens is 763 g/mol. The quantitative estimate of drug-likeness (QED) is 0.115. The first-order chi connectivity index (χ1) is 27.1. The molecule has 0 spiro atoms. The van der Waals surface area contributed by atoms with E-state index in [1.165, 1.54) is 0 Å². The molecule has 1 amide bonds. The second kappa shape index (κ2) is 19.4. The van der Waals surface area contributed by atoms with Gasteiger partial charge in [-0.3, -0.25) is 19.0 Å². The van der Waals surface area contributed by atoms with Gasteiger partial charge >= 0.3 is 6.09 Å². The van der Waals surface area contributed by atoms with Crippen LogP contribution in [0.2, 0.25) is 10.3 Å². The molecule has 0 radical (unpaired) electrons. The number of carbonyl (C=O) groups excluding carboxylic acids is 3. The Hall–Kier alpha value is -5.69. The van der Waals surface area contributed by atoms with Crippen molar-refractivity contribution >= 4 is 40.9 Å². The second-order valence-corrected chi connectivity index (χ2v) is 15.3. The molecule has 0 aliphatic heterocycles. The highest BCUT2D eigenvalue weighted by molar-refractivity contribution is 6.29. The van der Waals surface area contributed by atoms with Crippen LogP contribution in [0.3, 0.4) is 0 Å². The predicted octanol–water partition coefficient (Wildman–Crippen LogP) is 7.20. The summed E-state index contributed by atoms with van der Waals surface area (Å²) in [5.41, 5.74) is 12.1. The number of aryl methyl sites for hydroxylation is 2. The van der Waals surface area contributed by atoms with Crippen molar-refractivity contribution in [3.05, 3.63) is 142 Å². The number of alkyl carbamates (subject to hydrolysis) is 1. The third-order valence-corrected chi connectivity index (χ3v) is 9.20. The van der Waals surface area contributed by atoms with E-state index in [1.807, 2.05) is 92.0 Å². The van der Waals surface area contributed by atoms with Crippen LogP contribution in [0, 0.1) is 0 Å². The molecule has 0 unspecified atom stereocenters. The Bertz CT molecular complexity index is 2290. The van der Waals surface area contributed by atoms with Crippen molar-refractivity contribution in [3.8, 4) is 22.5 Å². The fourth-order valence-corrected chi connectivity index (χ4v) is 6.23. The van der Waals surface area contributed by atoms with E-state index < -0.39 is 23.8 Å². The molecule has 0 saturated carbocycles. The number of halogens is 2. The highest BCUT2D eigenvalue weighted by Gasteiger charge is 2.26. The molecular formula is C43H46Cl2N8O4. The lowest BCUT2D eigenvalue weighted by molar-refractivity contribution is -0.121. The first kappa shape index (κ1) is 42.5. The van der Waals surface area contributed by atoms with Gasteiger partial charge in [-0.2, -0.15) is 10.2 Å². The van der Waals surface area contributed by atoms with Crippen LogP contribution in [0.5, 0.6) is 0 Å². The van der Waals surface area contributed by atoms with Gasteiger partial charge in [-0.1, -0.05) is 83.9 Å². The third kappa shape index (κ3) is 12.9. The Morgan fingerprint density at radius 3 is 1.61 bits per heavy atom. The number of nitrogens with one attached hydrogen (secondary N) is 1. The highest BCUT2D eigenvalue weighted by Crippen LogP contribution is 2.23. The standard InChI is InChI=1S/C24H27ClN4O3.C19H19ClN4O/c1-24(2,3)32-23(31)27-20(12-16-8-6-5-7-9-16)21(30)15-18-14-19(28-29(18)4)17-10-11-26-22(25)13-17;1-24-15(11-17(23-24)14-7-8-22-19(20)10-14)12-18(25)16(21)9-13-5-3-2-4-6-13/h5-11,13-14,20H,12,15H2,1-4H3,(H,27,31);2-8,10-11,16H,9,12,21H2,1H3/t20-;16-/m00/s1. The molecule has 57 heavy (non-hydrogen) atoms. The molecule has 4 heterocycles. The number of nitrogens with two attached hydrogens (primary N) is 1. The van der Waals surface area contributed by atoms with Crippen LogP contribution in [0.4, 0.5) is 4.79 Å². The van der Waals surface area contributed by atoms with E-state index >= 15 is 0 Å². The Balaban J connectivity index is 0.000000224. The van der Waals surface area contributed by atoms with E-state index in [1.54, 1.807) is 61.7 Å². The summed E-state index contributed by atoms with van der Waals surface area (Å²) < 4.78 is 8.73. The van der Waals surface area contributed by atoms with E-state index in [9.17, 15) is 14.4 Å². The molecule has 14 heteroatoms. The topological polar surface area (TPSA) is 160 Å². The minimum atomic E-state index is -0.735. The summed E-state index contributed by atoms with van der Waals surface area (Å²) in [6, 6.07) is 28.9. The lowest BCUT2D eigenvalue weighted by atomic mass is 9.99. The van der Waals surface area contributed by atoms with Crippen LogP contribution in [-0.2, 0) is 54.1 Å². The van der Waals surface area contributed by atoms with Gasteiger partial charge < -0.3 is 15.8 Å². The number of hydrogen-bond acceptors (Lipinski definition) is 9. The zero-order valence-electron chi connectivity index (χ0n) is 32.5. The summed E-state index contributed by atoms with van der Waals surface area (Å²) >= 11 is 11.9. The van der Waals surface area contributed by atoms with Crippen molar-refractivity contribution in [1.82, 2.24) is 34.8 Å². The normalized spacial score (nSPS) is 12.2. The summed E-state index contributed by atoms with van der Waals surface area (Å²) in [7, 11) is 3.60. The summed E-state index contributed by atoms with van der Waals surface area (Å²) in [6.07, 6.45) is 3.87. The van der Waals surface area contributed by atoms with Crippen LogP contribution in [-0.4, -0.2) is 64.9 Å².